The summed E-state index contributed by atoms with van der Waals surface area (Å²) in [6, 6.07) is 18.0. The lowest BCUT2D eigenvalue weighted by Gasteiger charge is -2.27. The van der Waals surface area contributed by atoms with Crippen LogP contribution in [0, 0.1) is 0 Å². The highest BCUT2D eigenvalue weighted by Gasteiger charge is 2.26. The second kappa shape index (κ2) is 17.0. The van der Waals surface area contributed by atoms with Crippen LogP contribution in [0.5, 0.6) is 17.2 Å². The number of methoxy groups -OCH3 is 3. The van der Waals surface area contributed by atoms with E-state index < -0.39 is 30.1 Å². The minimum absolute atomic E-state index is 0.0459. The van der Waals surface area contributed by atoms with Gasteiger partial charge in [0, 0.05) is 19.6 Å². The molecule has 0 saturated heterocycles. The molecule has 0 aromatic heterocycles. The number of nitrogens with one attached hydrogen (secondary N) is 3. The zero-order valence-corrected chi connectivity index (χ0v) is 32.0. The monoisotopic (exact) mass is 759 g/mol. The summed E-state index contributed by atoms with van der Waals surface area (Å²) in [5, 5.41) is 0. The van der Waals surface area contributed by atoms with E-state index in [-0.39, 0.29) is 34.3 Å². The fourth-order valence-corrected chi connectivity index (χ4v) is 9.02. The Kier molecular flexibility index (Phi) is 13.3. The number of hydrogen-bond acceptors (Lipinski definition) is 9. The van der Waals surface area contributed by atoms with Gasteiger partial charge in [0.25, 0.3) is 0 Å². The molecule has 0 radical (unpaired) electrons. The van der Waals surface area contributed by atoms with E-state index in [2.05, 4.69) is 14.2 Å². The van der Waals surface area contributed by atoms with Crippen LogP contribution in [0.25, 0.3) is 0 Å². The quantitative estimate of drug-likeness (QED) is 0.129. The lowest BCUT2D eigenvalue weighted by molar-refractivity contribution is 0.414. The highest BCUT2D eigenvalue weighted by molar-refractivity contribution is 7.90. The molecule has 0 bridgehead atoms. The van der Waals surface area contributed by atoms with Crippen molar-refractivity contribution in [3.8, 4) is 17.2 Å². The van der Waals surface area contributed by atoms with Gasteiger partial charge < -0.3 is 14.2 Å². The molecule has 276 valence electrons. The third kappa shape index (κ3) is 9.28. The molecule has 0 amide bonds. The van der Waals surface area contributed by atoms with Crippen molar-refractivity contribution in [2.75, 3.05) is 21.3 Å². The molecule has 0 atom stereocenters. The lowest BCUT2D eigenvalue weighted by Crippen LogP contribution is -2.30. The molecule has 0 spiro atoms. The van der Waals surface area contributed by atoms with Crippen LogP contribution >= 0.6 is 0 Å². The molecule has 0 fully saturated rings. The lowest BCUT2D eigenvalue weighted by atomic mass is 9.83. The Bertz CT molecular complexity index is 1870. The molecule has 3 N–H and O–H groups in total. The fourth-order valence-electron chi connectivity index (χ4n) is 6.03. The van der Waals surface area contributed by atoms with Crippen molar-refractivity contribution in [1.29, 1.82) is 0 Å². The van der Waals surface area contributed by atoms with E-state index in [9.17, 15) is 25.3 Å². The van der Waals surface area contributed by atoms with Gasteiger partial charge in [-0.3, -0.25) is 0 Å². The Morgan fingerprint density at radius 2 is 0.608 bits per heavy atom. The molecule has 0 aliphatic rings. The number of benzene rings is 4. The first-order chi connectivity index (χ1) is 24.2. The molecule has 51 heavy (non-hydrogen) atoms. The first kappa shape index (κ1) is 39.8. The topological polar surface area (TPSA) is 166 Å². The van der Waals surface area contributed by atoms with Crippen LogP contribution in [-0.4, -0.2) is 46.6 Å². The number of rotatable bonds is 18. The van der Waals surface area contributed by atoms with Crippen molar-refractivity contribution in [3.63, 3.8) is 0 Å². The molecular formula is C36H45N3O9S3. The minimum atomic E-state index is -3.98. The summed E-state index contributed by atoms with van der Waals surface area (Å²) in [5.41, 5.74) is 4.31. The van der Waals surface area contributed by atoms with Gasteiger partial charge in [-0.25, -0.2) is 39.4 Å². The highest BCUT2D eigenvalue weighted by Crippen LogP contribution is 2.32. The molecule has 4 rings (SSSR count). The van der Waals surface area contributed by atoms with Crippen LogP contribution in [0.2, 0.25) is 0 Å². The summed E-state index contributed by atoms with van der Waals surface area (Å²) in [6.45, 7) is 5.43. The maximum Gasteiger partial charge on any atom is 0.240 e. The van der Waals surface area contributed by atoms with Crippen molar-refractivity contribution < 1.29 is 39.5 Å². The van der Waals surface area contributed by atoms with Crippen molar-refractivity contribution in [2.24, 2.45) is 0 Å². The smallest absolute Gasteiger partial charge is 0.240 e. The van der Waals surface area contributed by atoms with Crippen molar-refractivity contribution in [3.05, 3.63) is 106 Å². The normalized spacial score (nSPS) is 12.1. The number of hydrogen-bond donors (Lipinski definition) is 3. The standard InChI is InChI=1S/C36H45N3O9S3/c1-7-31-34(22-37-49(40,41)28-16-10-25(46-4)11-17-28)32(8-2)36(24-39-51(44,45)30-20-14-27(48-6)15-21-30)33(9-3)35(31)23-38-50(42,43)29-18-12-26(47-5)13-19-29/h10-21,37-39H,7-9,22-24H2,1-6H3. The summed E-state index contributed by atoms with van der Waals surface area (Å²) in [4.78, 5) is 0.138. The Labute approximate surface area is 301 Å². The maximum atomic E-state index is 13.5. The Morgan fingerprint density at radius 3 is 0.784 bits per heavy atom. The van der Waals surface area contributed by atoms with Gasteiger partial charge in [-0.2, -0.15) is 0 Å². The molecular weight excluding hydrogens is 715 g/mol. The highest BCUT2D eigenvalue weighted by atomic mass is 32.2. The first-order valence-corrected chi connectivity index (χ1v) is 20.8. The van der Waals surface area contributed by atoms with Crippen LogP contribution in [0.1, 0.15) is 54.2 Å². The van der Waals surface area contributed by atoms with E-state index in [4.69, 9.17) is 14.2 Å². The summed E-state index contributed by atoms with van der Waals surface area (Å²) in [6.07, 6.45) is 1.37. The van der Waals surface area contributed by atoms with E-state index >= 15 is 0 Å². The summed E-state index contributed by atoms with van der Waals surface area (Å²) in [7, 11) is -7.47. The fraction of sp³-hybridized carbons (Fsp3) is 0.333. The van der Waals surface area contributed by atoms with Gasteiger partial charge in [0.15, 0.2) is 0 Å². The third-order valence-electron chi connectivity index (χ3n) is 8.67. The number of sulfonamides is 3. The largest absolute Gasteiger partial charge is 0.497 e. The molecule has 0 unspecified atom stereocenters. The van der Waals surface area contributed by atoms with Crippen molar-refractivity contribution in [1.82, 2.24) is 14.2 Å². The van der Waals surface area contributed by atoms with E-state index in [0.29, 0.717) is 53.2 Å². The van der Waals surface area contributed by atoms with Gasteiger partial charge in [-0.1, -0.05) is 20.8 Å². The Morgan fingerprint density at radius 1 is 0.392 bits per heavy atom. The van der Waals surface area contributed by atoms with E-state index in [1.807, 2.05) is 20.8 Å². The Balaban J connectivity index is 1.81. The predicted octanol–water partition coefficient (Wildman–Crippen LogP) is 4.84. The molecule has 0 aliphatic carbocycles. The SMILES string of the molecule is CCc1c(CNS(=O)(=O)c2ccc(OC)cc2)c(CC)c(CNS(=O)(=O)c2ccc(OC)cc2)c(CC)c1CNS(=O)(=O)c1ccc(OC)cc1. The van der Waals surface area contributed by atoms with Gasteiger partial charge in [0.05, 0.1) is 36.0 Å². The molecule has 12 nitrogen and oxygen atoms in total. The van der Waals surface area contributed by atoms with E-state index in [1.165, 1.54) is 57.7 Å². The average molecular weight is 760 g/mol. The molecule has 4 aromatic carbocycles. The van der Waals surface area contributed by atoms with Crippen molar-refractivity contribution in [2.45, 2.75) is 74.4 Å². The van der Waals surface area contributed by atoms with E-state index in [1.54, 1.807) is 36.4 Å². The average Bonchev–Trinajstić information content (AvgIpc) is 3.14. The predicted molar refractivity (Wildman–Crippen MR) is 196 cm³/mol. The first-order valence-electron chi connectivity index (χ1n) is 16.3. The molecule has 0 saturated carbocycles. The van der Waals surface area contributed by atoms with Gasteiger partial charge in [-0.05, 0) is 125 Å². The molecule has 0 heterocycles. The molecule has 0 aliphatic heterocycles. The minimum Gasteiger partial charge on any atom is -0.497 e. The second-order valence-electron chi connectivity index (χ2n) is 11.4. The van der Waals surface area contributed by atoms with Crippen LogP contribution in [-0.2, 0) is 69.0 Å². The zero-order valence-electron chi connectivity index (χ0n) is 29.6. The van der Waals surface area contributed by atoms with Crippen molar-refractivity contribution >= 4 is 30.1 Å². The maximum absolute atomic E-state index is 13.5. The van der Waals surface area contributed by atoms with Gasteiger partial charge in [0.2, 0.25) is 30.1 Å². The van der Waals surface area contributed by atoms with Crippen LogP contribution in [0.3, 0.4) is 0 Å². The van der Waals surface area contributed by atoms with Gasteiger partial charge in [0.1, 0.15) is 17.2 Å². The number of ether oxygens (including phenoxy) is 3. The third-order valence-corrected chi connectivity index (χ3v) is 12.9. The summed E-state index contributed by atoms with van der Waals surface area (Å²) < 4.78 is 104. The van der Waals surface area contributed by atoms with Gasteiger partial charge in [-0.15, -0.1) is 0 Å². The zero-order chi connectivity index (χ0) is 37.4. The molecule has 4 aromatic rings. The van der Waals surface area contributed by atoms with Crippen LogP contribution in [0.15, 0.2) is 87.5 Å². The summed E-state index contributed by atoms with van der Waals surface area (Å²) >= 11 is 0. The van der Waals surface area contributed by atoms with Gasteiger partial charge >= 0.3 is 0 Å². The van der Waals surface area contributed by atoms with Crippen LogP contribution in [0.4, 0.5) is 0 Å². The Hall–Kier alpha value is -3.99. The van der Waals surface area contributed by atoms with Crippen LogP contribution < -0.4 is 28.4 Å². The van der Waals surface area contributed by atoms with E-state index in [0.717, 1.165) is 16.7 Å². The second-order valence-corrected chi connectivity index (χ2v) is 16.7. The summed E-state index contributed by atoms with van der Waals surface area (Å²) in [5.74, 6) is 1.53. The molecule has 15 heteroatoms.